The Kier molecular flexibility index (Phi) is 12.8. The van der Waals surface area contributed by atoms with Crippen LogP contribution in [-0.2, 0) is 0 Å². The van der Waals surface area contributed by atoms with Gasteiger partial charge in [-0.1, -0.05) is 231 Å². The molecule has 0 aliphatic heterocycles. The van der Waals surface area contributed by atoms with E-state index in [1.165, 1.54) is 65.3 Å². The molecule has 0 spiro atoms. The Labute approximate surface area is 506 Å². The molecule has 15 aromatic carbocycles. The molecule has 0 aliphatic carbocycles. The monoisotopic (exact) mass is 1110 g/mol. The molecule has 0 atom stereocenters. The zero-order chi connectivity index (χ0) is 57.6. The number of imidazole rings is 1. The van der Waals surface area contributed by atoms with Crippen LogP contribution >= 0.6 is 0 Å². The van der Waals surface area contributed by atoms with Crippen LogP contribution in [0.25, 0.3) is 116 Å². The summed E-state index contributed by atoms with van der Waals surface area (Å²) in [6.07, 6.45) is 0. The molecular weight excluding hydrogens is 1050 g/mol. The van der Waals surface area contributed by atoms with Crippen LogP contribution in [0.15, 0.2) is 340 Å². The lowest BCUT2D eigenvalue weighted by Crippen LogP contribution is -2.09. The fourth-order valence-corrected chi connectivity index (χ4v) is 13.4. The van der Waals surface area contributed by atoms with E-state index in [0.717, 1.165) is 84.5 Å². The maximum absolute atomic E-state index is 5.31. The Balaban J connectivity index is 0.938. The summed E-state index contributed by atoms with van der Waals surface area (Å²) >= 11 is 0. The first-order valence-corrected chi connectivity index (χ1v) is 29.8. The number of para-hydroxylation sites is 7. The summed E-state index contributed by atoms with van der Waals surface area (Å²) in [5.74, 6) is 0.906. The molecular formula is C83H56N4. The minimum Gasteiger partial charge on any atom is -0.310 e. The van der Waals surface area contributed by atoms with E-state index in [1.54, 1.807) is 0 Å². The maximum atomic E-state index is 5.31. The average Bonchev–Trinajstić information content (AvgIpc) is 1.48. The predicted molar refractivity (Wildman–Crippen MR) is 368 cm³/mol. The average molecular weight is 1110 g/mol. The lowest BCUT2D eigenvalue weighted by molar-refractivity contribution is 1.10. The molecule has 0 aliphatic rings. The Hall–Kier alpha value is -11.6. The van der Waals surface area contributed by atoms with E-state index >= 15 is 0 Å². The third kappa shape index (κ3) is 9.07. The van der Waals surface area contributed by atoms with Crippen molar-refractivity contribution in [1.29, 1.82) is 0 Å². The molecule has 87 heavy (non-hydrogen) atoms. The van der Waals surface area contributed by atoms with E-state index in [9.17, 15) is 0 Å². The number of nitrogens with zero attached hydrogens (tertiary/aromatic N) is 4. The van der Waals surface area contributed by atoms with Crippen LogP contribution in [-0.4, -0.2) is 9.55 Å². The van der Waals surface area contributed by atoms with Gasteiger partial charge in [-0.2, -0.15) is 0 Å². The van der Waals surface area contributed by atoms with Crippen molar-refractivity contribution in [3.8, 4) is 61.6 Å². The SMILES string of the molecule is c1ccc(N(c2ccccc2)c2cccc(-c3c4ccccc4c(-c4cccc(N(c5ccccc5)c5ccccc5)c4)c4cc(-c5c6ccccc6c(-c6cccc(-c7nc8ccccc8n7-c7ccccc7)c6)c6ccccc56)ccc34)c2)cc1. The van der Waals surface area contributed by atoms with Crippen molar-refractivity contribution in [1.82, 2.24) is 9.55 Å². The molecule has 0 radical (unpaired) electrons. The first-order chi connectivity index (χ1) is 43.2. The summed E-state index contributed by atoms with van der Waals surface area (Å²) in [5.41, 5.74) is 20.0. The highest BCUT2D eigenvalue weighted by atomic mass is 15.1. The molecule has 0 saturated heterocycles. The zero-order valence-electron chi connectivity index (χ0n) is 47.6. The highest BCUT2D eigenvalue weighted by Gasteiger charge is 2.24. The van der Waals surface area contributed by atoms with Crippen molar-refractivity contribution < 1.29 is 0 Å². The van der Waals surface area contributed by atoms with Gasteiger partial charge in [-0.25, -0.2) is 4.98 Å². The van der Waals surface area contributed by atoms with E-state index in [0.29, 0.717) is 0 Å². The predicted octanol–water partition coefficient (Wildman–Crippen LogP) is 22.9. The molecule has 0 fully saturated rings. The highest BCUT2D eigenvalue weighted by molar-refractivity contribution is 6.25. The fourth-order valence-electron chi connectivity index (χ4n) is 13.4. The van der Waals surface area contributed by atoms with Gasteiger partial charge in [0.25, 0.3) is 0 Å². The van der Waals surface area contributed by atoms with Gasteiger partial charge in [0, 0.05) is 45.4 Å². The van der Waals surface area contributed by atoms with Gasteiger partial charge in [0.2, 0.25) is 0 Å². The van der Waals surface area contributed by atoms with Crippen molar-refractivity contribution in [2.45, 2.75) is 0 Å². The summed E-state index contributed by atoms with van der Waals surface area (Å²) in [5, 5.41) is 9.46. The Morgan fingerprint density at radius 3 is 0.989 bits per heavy atom. The summed E-state index contributed by atoms with van der Waals surface area (Å²) in [6.45, 7) is 0. The van der Waals surface area contributed by atoms with E-state index in [4.69, 9.17) is 4.98 Å². The van der Waals surface area contributed by atoms with Gasteiger partial charge in [-0.05, 0) is 197 Å². The molecule has 0 unspecified atom stereocenters. The summed E-state index contributed by atoms with van der Waals surface area (Å²) in [7, 11) is 0. The Bertz CT molecular complexity index is 5080. The van der Waals surface area contributed by atoms with Gasteiger partial charge >= 0.3 is 0 Å². The Morgan fingerprint density at radius 2 is 0.540 bits per heavy atom. The lowest BCUT2D eigenvalue weighted by Gasteiger charge is -2.27. The van der Waals surface area contributed by atoms with Crippen LogP contribution in [0.1, 0.15) is 0 Å². The van der Waals surface area contributed by atoms with E-state index in [1.807, 2.05) is 0 Å². The minimum absolute atomic E-state index is 0.906. The van der Waals surface area contributed by atoms with Crippen LogP contribution in [0.3, 0.4) is 0 Å². The van der Waals surface area contributed by atoms with E-state index in [-0.39, 0.29) is 0 Å². The second-order valence-electron chi connectivity index (χ2n) is 22.2. The molecule has 1 heterocycles. The molecule has 16 rings (SSSR count). The van der Waals surface area contributed by atoms with Gasteiger partial charge in [-0.15, -0.1) is 0 Å². The molecule has 16 aromatic rings. The molecule has 4 nitrogen and oxygen atoms in total. The summed E-state index contributed by atoms with van der Waals surface area (Å²) in [4.78, 5) is 10.0. The van der Waals surface area contributed by atoms with Crippen molar-refractivity contribution in [3.05, 3.63) is 340 Å². The second-order valence-corrected chi connectivity index (χ2v) is 22.2. The standard InChI is InChI=1S/C83H56N4/c1-6-31-62(32-7-1)85(63-33-8-2-9-34-63)67-41-25-28-58(54-67)80-73-47-20-21-48-74(73)82(59-29-26-42-68(55-59)86(64-35-10-3-11-36-64)65-37-12-4-13-38-65)76-56-60(51-52-75(76)80)81-71-45-18-16-43-69(71)79(70-44-17-19-46-72(70)81)57-27-24-30-61(53-57)83-84-77-49-22-23-50-78(77)87(83)66-39-14-5-15-40-66/h1-56H. The third-order valence-electron chi connectivity index (χ3n) is 17.1. The summed E-state index contributed by atoms with van der Waals surface area (Å²) < 4.78 is 2.29. The number of anilines is 6. The van der Waals surface area contributed by atoms with Crippen molar-refractivity contribution in [2.75, 3.05) is 9.80 Å². The van der Waals surface area contributed by atoms with Crippen molar-refractivity contribution in [2.24, 2.45) is 0 Å². The van der Waals surface area contributed by atoms with Crippen molar-refractivity contribution in [3.63, 3.8) is 0 Å². The molecule has 4 heteroatoms. The van der Waals surface area contributed by atoms with Crippen LogP contribution in [0.4, 0.5) is 34.1 Å². The quantitative estimate of drug-likeness (QED) is 0.114. The second kappa shape index (κ2) is 21.9. The normalized spacial score (nSPS) is 11.4. The van der Waals surface area contributed by atoms with Gasteiger partial charge in [0.15, 0.2) is 0 Å². The van der Waals surface area contributed by atoms with Gasteiger partial charge in [0.1, 0.15) is 5.82 Å². The number of rotatable bonds is 12. The topological polar surface area (TPSA) is 24.3 Å². The van der Waals surface area contributed by atoms with Gasteiger partial charge in [0.05, 0.1) is 11.0 Å². The number of fused-ring (bicyclic) bond motifs is 5. The highest BCUT2D eigenvalue weighted by Crippen LogP contribution is 2.50. The number of hydrogen-bond donors (Lipinski definition) is 0. The molecule has 0 saturated carbocycles. The van der Waals surface area contributed by atoms with Crippen LogP contribution < -0.4 is 9.80 Å². The molecule has 0 bridgehead atoms. The van der Waals surface area contributed by atoms with Gasteiger partial charge in [-0.3, -0.25) is 4.57 Å². The van der Waals surface area contributed by atoms with Crippen LogP contribution in [0.2, 0.25) is 0 Å². The van der Waals surface area contributed by atoms with Gasteiger partial charge < -0.3 is 9.80 Å². The number of aromatic nitrogens is 2. The largest absolute Gasteiger partial charge is 0.310 e. The first kappa shape index (κ1) is 51.1. The molecule has 1 aromatic heterocycles. The van der Waals surface area contributed by atoms with Crippen LogP contribution in [0, 0.1) is 0 Å². The Morgan fingerprint density at radius 1 is 0.218 bits per heavy atom. The smallest absolute Gasteiger partial charge is 0.145 e. The lowest BCUT2D eigenvalue weighted by atomic mass is 9.82. The number of hydrogen-bond acceptors (Lipinski definition) is 3. The first-order valence-electron chi connectivity index (χ1n) is 29.8. The van der Waals surface area contributed by atoms with Crippen LogP contribution in [0.5, 0.6) is 0 Å². The fraction of sp³-hybridized carbons (Fsp3) is 0. The number of benzene rings is 15. The molecule has 0 N–H and O–H groups in total. The molecule has 408 valence electrons. The van der Waals surface area contributed by atoms with Crippen molar-refractivity contribution >= 4 is 88.2 Å². The summed E-state index contributed by atoms with van der Waals surface area (Å²) in [6, 6.07) is 123. The van der Waals surface area contributed by atoms with E-state index < -0.39 is 0 Å². The zero-order valence-corrected chi connectivity index (χ0v) is 47.6. The van der Waals surface area contributed by atoms with E-state index in [2.05, 4.69) is 354 Å². The molecule has 0 amide bonds. The maximum Gasteiger partial charge on any atom is 0.145 e. The third-order valence-corrected chi connectivity index (χ3v) is 17.1. The minimum atomic E-state index is 0.906.